The number of carbonyl (C=O) groups excluding carboxylic acids is 1. The molecule has 0 aromatic carbocycles. The molecule has 14 heavy (non-hydrogen) atoms. The highest BCUT2D eigenvalue weighted by Crippen LogP contribution is 2.41. The van der Waals surface area contributed by atoms with Crippen LogP contribution in [0.15, 0.2) is 24.3 Å². The summed E-state index contributed by atoms with van der Waals surface area (Å²) in [5.41, 5.74) is 0.102. The Hall–Kier alpha value is -0.850. The van der Waals surface area contributed by atoms with Gasteiger partial charge in [0.1, 0.15) is 0 Å². The van der Waals surface area contributed by atoms with Gasteiger partial charge in [-0.3, -0.25) is 4.79 Å². The van der Waals surface area contributed by atoms with Gasteiger partial charge in [0, 0.05) is 5.92 Å². The van der Waals surface area contributed by atoms with Crippen LogP contribution in [0.2, 0.25) is 0 Å². The van der Waals surface area contributed by atoms with E-state index in [1.165, 1.54) is 0 Å². The van der Waals surface area contributed by atoms with Crippen LogP contribution in [-0.4, -0.2) is 5.78 Å². The van der Waals surface area contributed by atoms with E-state index in [1.807, 2.05) is 13.0 Å². The van der Waals surface area contributed by atoms with Gasteiger partial charge in [0.25, 0.3) is 0 Å². The highest BCUT2D eigenvalue weighted by molar-refractivity contribution is 5.92. The highest BCUT2D eigenvalue weighted by atomic mass is 16.1. The minimum Gasteiger partial charge on any atom is -0.295 e. The van der Waals surface area contributed by atoms with E-state index in [4.69, 9.17) is 0 Å². The largest absolute Gasteiger partial charge is 0.295 e. The molecule has 0 unspecified atom stereocenters. The third-order valence-corrected chi connectivity index (χ3v) is 3.09. The molecule has 1 nitrogen and oxygen atoms in total. The molecule has 1 aliphatic rings. The van der Waals surface area contributed by atoms with Crippen LogP contribution in [0.4, 0.5) is 0 Å². The van der Waals surface area contributed by atoms with E-state index in [2.05, 4.69) is 32.9 Å². The third kappa shape index (κ3) is 2.14. The summed E-state index contributed by atoms with van der Waals surface area (Å²) >= 11 is 0. The van der Waals surface area contributed by atoms with Gasteiger partial charge in [0.15, 0.2) is 5.78 Å². The normalized spacial score (nSPS) is 30.9. The first kappa shape index (κ1) is 11.2. The van der Waals surface area contributed by atoms with Gasteiger partial charge in [-0.2, -0.15) is 0 Å². The van der Waals surface area contributed by atoms with Crippen molar-refractivity contribution < 1.29 is 4.79 Å². The van der Waals surface area contributed by atoms with Gasteiger partial charge in [-0.1, -0.05) is 39.0 Å². The molecule has 1 heteroatoms. The molecule has 0 saturated heterocycles. The second kappa shape index (κ2) is 4.12. The second-order valence-corrected chi connectivity index (χ2v) is 4.86. The summed E-state index contributed by atoms with van der Waals surface area (Å²) in [6.45, 7) is 8.38. The molecule has 1 aliphatic carbocycles. The zero-order chi connectivity index (χ0) is 10.8. The molecule has 1 rings (SSSR count). The fourth-order valence-electron chi connectivity index (χ4n) is 2.45. The van der Waals surface area contributed by atoms with Crippen molar-refractivity contribution in [3.05, 3.63) is 24.3 Å². The van der Waals surface area contributed by atoms with Crippen LogP contribution in [0, 0.1) is 17.3 Å². The van der Waals surface area contributed by atoms with Crippen molar-refractivity contribution in [2.75, 3.05) is 0 Å². The molecular weight excluding hydrogens is 172 g/mol. The molecule has 78 valence electrons. The Morgan fingerprint density at radius 1 is 1.50 bits per heavy atom. The molecule has 0 aromatic rings. The third-order valence-electron chi connectivity index (χ3n) is 3.09. The van der Waals surface area contributed by atoms with Gasteiger partial charge >= 0.3 is 0 Å². The maximum Gasteiger partial charge on any atom is 0.159 e. The van der Waals surface area contributed by atoms with Crippen LogP contribution in [0.1, 0.15) is 34.1 Å². The Morgan fingerprint density at radius 3 is 2.64 bits per heavy atom. The van der Waals surface area contributed by atoms with E-state index in [9.17, 15) is 4.79 Å². The Kier molecular flexibility index (Phi) is 3.30. The number of ketones is 1. The molecule has 0 bridgehead atoms. The number of carbonyl (C=O) groups is 1. The van der Waals surface area contributed by atoms with Crippen LogP contribution in [0.5, 0.6) is 0 Å². The van der Waals surface area contributed by atoms with Crippen LogP contribution >= 0.6 is 0 Å². The first-order valence-electron chi connectivity index (χ1n) is 5.32. The van der Waals surface area contributed by atoms with Crippen LogP contribution < -0.4 is 0 Å². The van der Waals surface area contributed by atoms with Gasteiger partial charge in [0.05, 0.1) is 0 Å². The topological polar surface area (TPSA) is 17.1 Å². The monoisotopic (exact) mass is 192 g/mol. The summed E-state index contributed by atoms with van der Waals surface area (Å²) in [6.07, 6.45) is 8.91. The van der Waals surface area contributed by atoms with E-state index in [0.717, 1.165) is 6.42 Å². The van der Waals surface area contributed by atoms with Crippen molar-refractivity contribution in [2.24, 2.45) is 17.3 Å². The van der Waals surface area contributed by atoms with Gasteiger partial charge in [-0.05, 0) is 30.8 Å². The maximum absolute atomic E-state index is 11.9. The molecular formula is C13H20O. The van der Waals surface area contributed by atoms with Crippen molar-refractivity contribution in [1.29, 1.82) is 0 Å². The van der Waals surface area contributed by atoms with Crippen LogP contribution in [0.25, 0.3) is 0 Å². The van der Waals surface area contributed by atoms with E-state index in [-0.39, 0.29) is 17.1 Å². The lowest BCUT2D eigenvalue weighted by molar-refractivity contribution is -0.123. The first-order valence-corrected chi connectivity index (χ1v) is 5.32. The molecule has 0 heterocycles. The molecule has 0 aliphatic heterocycles. The standard InChI is InChI=1S/C13H20O/c1-5-7-11(14)12-10(2)8-6-9-13(12,3)4/h5-8,10,12H,9H2,1-4H3/b7-5+/t10-,12-/m1/s1. The Morgan fingerprint density at radius 2 is 2.14 bits per heavy atom. The fourth-order valence-corrected chi connectivity index (χ4v) is 2.45. The smallest absolute Gasteiger partial charge is 0.159 e. The Balaban J connectivity index is 2.93. The van der Waals surface area contributed by atoms with Crippen LogP contribution in [-0.2, 0) is 4.79 Å². The summed E-state index contributed by atoms with van der Waals surface area (Å²) in [5.74, 6) is 0.778. The number of rotatable bonds is 2. The lowest BCUT2D eigenvalue weighted by atomic mass is 9.65. The molecule has 0 aromatic heterocycles. The molecule has 0 N–H and O–H groups in total. The molecule has 0 saturated carbocycles. The fraction of sp³-hybridized carbons (Fsp3) is 0.615. The highest BCUT2D eigenvalue weighted by Gasteiger charge is 2.38. The van der Waals surface area contributed by atoms with Crippen molar-refractivity contribution in [1.82, 2.24) is 0 Å². The second-order valence-electron chi connectivity index (χ2n) is 4.86. The molecule has 0 fully saturated rings. The Labute approximate surface area is 86.9 Å². The number of hydrogen-bond donors (Lipinski definition) is 0. The minimum atomic E-state index is 0.102. The predicted molar refractivity (Wildman–Crippen MR) is 60.0 cm³/mol. The summed E-state index contributed by atoms with van der Waals surface area (Å²) in [7, 11) is 0. The molecule has 2 atom stereocenters. The summed E-state index contributed by atoms with van der Waals surface area (Å²) in [4.78, 5) is 11.9. The van der Waals surface area contributed by atoms with Gasteiger partial charge < -0.3 is 0 Å². The molecule has 0 amide bonds. The zero-order valence-electron chi connectivity index (χ0n) is 9.58. The summed E-state index contributed by atoms with van der Waals surface area (Å²) < 4.78 is 0. The summed E-state index contributed by atoms with van der Waals surface area (Å²) in [5, 5.41) is 0. The maximum atomic E-state index is 11.9. The minimum absolute atomic E-state index is 0.102. The number of hydrogen-bond acceptors (Lipinski definition) is 1. The average Bonchev–Trinajstić information content (AvgIpc) is 2.02. The van der Waals surface area contributed by atoms with E-state index in [1.54, 1.807) is 6.08 Å². The average molecular weight is 192 g/mol. The lowest BCUT2D eigenvalue weighted by Crippen LogP contribution is -2.36. The van der Waals surface area contributed by atoms with Crippen molar-refractivity contribution in [3.63, 3.8) is 0 Å². The Bertz CT molecular complexity index is 271. The lowest BCUT2D eigenvalue weighted by Gasteiger charge is -2.38. The van der Waals surface area contributed by atoms with Crippen molar-refractivity contribution in [3.8, 4) is 0 Å². The van der Waals surface area contributed by atoms with E-state index in [0.29, 0.717) is 5.92 Å². The number of allylic oxidation sites excluding steroid dienone is 4. The van der Waals surface area contributed by atoms with Gasteiger partial charge in [-0.25, -0.2) is 0 Å². The quantitative estimate of drug-likeness (QED) is 0.484. The van der Waals surface area contributed by atoms with E-state index >= 15 is 0 Å². The van der Waals surface area contributed by atoms with Gasteiger partial charge in [0.2, 0.25) is 0 Å². The van der Waals surface area contributed by atoms with Crippen molar-refractivity contribution in [2.45, 2.75) is 34.1 Å². The van der Waals surface area contributed by atoms with Crippen molar-refractivity contribution >= 4 is 5.78 Å². The van der Waals surface area contributed by atoms with Crippen LogP contribution in [0.3, 0.4) is 0 Å². The van der Waals surface area contributed by atoms with E-state index < -0.39 is 0 Å². The SMILES string of the molecule is C/C=C/C(=O)[C@H]1[C@H](C)C=CCC1(C)C. The zero-order valence-corrected chi connectivity index (χ0v) is 9.58. The summed E-state index contributed by atoms with van der Waals surface area (Å²) in [6, 6.07) is 0. The molecule has 0 radical (unpaired) electrons. The van der Waals surface area contributed by atoms with Gasteiger partial charge in [-0.15, -0.1) is 0 Å². The molecule has 0 spiro atoms. The first-order chi connectivity index (χ1) is 6.49. The predicted octanol–water partition coefficient (Wildman–Crippen LogP) is 3.37.